The molecule has 102 valence electrons. The summed E-state index contributed by atoms with van der Waals surface area (Å²) in [4.78, 5) is 8.06. The molecule has 18 heavy (non-hydrogen) atoms. The molecule has 2 N–H and O–H groups in total. The monoisotopic (exact) mass is 267 g/mol. The topological polar surface area (TPSA) is 42.1 Å². The highest BCUT2D eigenvalue weighted by Gasteiger charge is 2.36. The van der Waals surface area contributed by atoms with Gasteiger partial charge in [-0.3, -0.25) is 9.88 Å². The summed E-state index contributed by atoms with van der Waals surface area (Å²) < 4.78 is 0. The molecule has 0 saturated carbocycles. The van der Waals surface area contributed by atoms with Crippen LogP contribution < -0.4 is 5.73 Å². The van der Waals surface area contributed by atoms with Gasteiger partial charge in [-0.25, -0.2) is 0 Å². The number of hydrogen-bond donors (Lipinski definition) is 1. The Hall–Kier alpha value is -0.450. The number of rotatable bonds is 5. The number of likely N-dealkylation sites (tertiary alicyclic amines) is 1. The van der Waals surface area contributed by atoms with Crippen LogP contribution >= 0.6 is 11.3 Å². The highest BCUT2D eigenvalue weighted by atomic mass is 32.1. The maximum absolute atomic E-state index is 6.52. The van der Waals surface area contributed by atoms with Crippen LogP contribution in [0, 0.1) is 0 Å². The Kier molecular flexibility index (Phi) is 4.76. The zero-order chi connectivity index (χ0) is 13.0. The molecule has 3 nitrogen and oxygen atoms in total. The first-order valence-electron chi connectivity index (χ1n) is 7.05. The van der Waals surface area contributed by atoms with E-state index in [1.165, 1.54) is 37.2 Å². The largest absolute Gasteiger partial charge is 0.326 e. The molecule has 1 aliphatic rings. The van der Waals surface area contributed by atoms with E-state index in [1.54, 1.807) is 11.3 Å². The van der Waals surface area contributed by atoms with Crippen molar-refractivity contribution in [1.29, 1.82) is 0 Å². The standard InChI is InChI=1S/C14H25N3S/c1-3-14(2,17-7-5-4-6-8-17)13(15)9-12-10-16-11-18-12/h10-11,13H,3-9,15H2,1-2H3. The minimum Gasteiger partial charge on any atom is -0.326 e. The fraction of sp³-hybridized carbons (Fsp3) is 0.786. The minimum absolute atomic E-state index is 0.129. The molecule has 0 spiro atoms. The van der Waals surface area contributed by atoms with Crippen molar-refractivity contribution in [2.24, 2.45) is 5.73 Å². The number of aromatic nitrogens is 1. The smallest absolute Gasteiger partial charge is 0.0794 e. The Morgan fingerprint density at radius 1 is 1.44 bits per heavy atom. The molecule has 2 heterocycles. The molecule has 0 amide bonds. The third-order valence-electron chi connectivity index (χ3n) is 4.50. The molecular formula is C14H25N3S. The molecule has 2 unspecified atom stereocenters. The quantitative estimate of drug-likeness (QED) is 0.892. The van der Waals surface area contributed by atoms with Gasteiger partial charge in [0, 0.05) is 29.1 Å². The summed E-state index contributed by atoms with van der Waals surface area (Å²) in [5, 5.41) is 0. The van der Waals surface area contributed by atoms with Crippen LogP contribution in [0.3, 0.4) is 0 Å². The van der Waals surface area contributed by atoms with E-state index in [1.807, 2.05) is 11.7 Å². The summed E-state index contributed by atoms with van der Waals surface area (Å²) in [5.41, 5.74) is 8.55. The zero-order valence-electron chi connectivity index (χ0n) is 11.6. The Labute approximate surface area is 114 Å². The van der Waals surface area contributed by atoms with Crippen molar-refractivity contribution in [2.75, 3.05) is 13.1 Å². The molecule has 1 aromatic heterocycles. The van der Waals surface area contributed by atoms with Crippen molar-refractivity contribution in [3.8, 4) is 0 Å². The molecule has 1 fully saturated rings. The van der Waals surface area contributed by atoms with Crippen molar-refractivity contribution in [2.45, 2.75) is 57.5 Å². The van der Waals surface area contributed by atoms with Gasteiger partial charge in [0.2, 0.25) is 0 Å². The Morgan fingerprint density at radius 3 is 2.72 bits per heavy atom. The van der Waals surface area contributed by atoms with Gasteiger partial charge < -0.3 is 5.73 Å². The summed E-state index contributed by atoms with van der Waals surface area (Å²) in [6, 6.07) is 0.195. The van der Waals surface area contributed by atoms with Gasteiger partial charge in [0.1, 0.15) is 0 Å². The lowest BCUT2D eigenvalue weighted by atomic mass is 9.84. The predicted octanol–water partition coefficient (Wildman–Crippen LogP) is 2.67. The Balaban J connectivity index is 2.04. The van der Waals surface area contributed by atoms with Crippen LogP contribution in [0.4, 0.5) is 0 Å². The lowest BCUT2D eigenvalue weighted by Crippen LogP contribution is -2.59. The molecule has 1 saturated heterocycles. The van der Waals surface area contributed by atoms with Crippen LogP contribution in [0.25, 0.3) is 0 Å². The van der Waals surface area contributed by atoms with E-state index in [4.69, 9.17) is 5.73 Å². The normalized spacial score (nSPS) is 22.6. The number of piperidine rings is 1. The van der Waals surface area contributed by atoms with E-state index in [2.05, 4.69) is 23.7 Å². The fourth-order valence-corrected chi connectivity index (χ4v) is 3.56. The second-order valence-corrected chi connectivity index (χ2v) is 6.51. The maximum Gasteiger partial charge on any atom is 0.0794 e. The van der Waals surface area contributed by atoms with E-state index in [0.717, 1.165) is 12.8 Å². The summed E-state index contributed by atoms with van der Waals surface area (Å²) >= 11 is 1.71. The van der Waals surface area contributed by atoms with Gasteiger partial charge in [-0.1, -0.05) is 13.3 Å². The molecule has 1 aliphatic heterocycles. The number of nitrogens with zero attached hydrogens (tertiary/aromatic N) is 2. The summed E-state index contributed by atoms with van der Waals surface area (Å²) in [5.74, 6) is 0. The van der Waals surface area contributed by atoms with Crippen LogP contribution in [0.1, 0.15) is 44.4 Å². The van der Waals surface area contributed by atoms with Crippen molar-refractivity contribution in [1.82, 2.24) is 9.88 Å². The molecule has 2 atom stereocenters. The molecular weight excluding hydrogens is 242 g/mol. The lowest BCUT2D eigenvalue weighted by Gasteiger charge is -2.46. The minimum atomic E-state index is 0.129. The number of hydrogen-bond acceptors (Lipinski definition) is 4. The van der Waals surface area contributed by atoms with Crippen LogP contribution in [0.5, 0.6) is 0 Å². The van der Waals surface area contributed by atoms with Crippen LogP contribution in [-0.4, -0.2) is 34.6 Å². The molecule has 0 aliphatic carbocycles. The SMILES string of the molecule is CCC(C)(C(N)Cc1cncs1)N1CCCCC1. The van der Waals surface area contributed by atoms with Crippen molar-refractivity contribution in [3.05, 3.63) is 16.6 Å². The lowest BCUT2D eigenvalue weighted by molar-refractivity contribution is 0.0548. The average molecular weight is 267 g/mol. The second-order valence-electron chi connectivity index (χ2n) is 5.54. The van der Waals surface area contributed by atoms with Crippen LogP contribution in [0.15, 0.2) is 11.7 Å². The van der Waals surface area contributed by atoms with Gasteiger partial charge in [-0.05, 0) is 39.3 Å². The van der Waals surface area contributed by atoms with Gasteiger partial charge in [0.25, 0.3) is 0 Å². The summed E-state index contributed by atoms with van der Waals surface area (Å²) in [6.45, 7) is 7.02. The predicted molar refractivity (Wildman–Crippen MR) is 77.9 cm³/mol. The summed E-state index contributed by atoms with van der Waals surface area (Å²) in [6.07, 6.45) is 8.04. The zero-order valence-corrected chi connectivity index (χ0v) is 12.4. The van der Waals surface area contributed by atoms with Gasteiger partial charge >= 0.3 is 0 Å². The third kappa shape index (κ3) is 2.92. The third-order valence-corrected chi connectivity index (χ3v) is 5.30. The van der Waals surface area contributed by atoms with Crippen molar-refractivity contribution in [3.63, 3.8) is 0 Å². The van der Waals surface area contributed by atoms with Gasteiger partial charge in [-0.2, -0.15) is 0 Å². The molecule has 4 heteroatoms. The van der Waals surface area contributed by atoms with Crippen molar-refractivity contribution >= 4 is 11.3 Å². The molecule has 1 aromatic rings. The van der Waals surface area contributed by atoms with Gasteiger partial charge in [0.05, 0.1) is 5.51 Å². The van der Waals surface area contributed by atoms with E-state index >= 15 is 0 Å². The van der Waals surface area contributed by atoms with Crippen molar-refractivity contribution < 1.29 is 0 Å². The molecule has 0 radical (unpaired) electrons. The first-order chi connectivity index (χ1) is 8.66. The van der Waals surface area contributed by atoms with E-state index in [0.29, 0.717) is 0 Å². The van der Waals surface area contributed by atoms with Crippen LogP contribution in [0.2, 0.25) is 0 Å². The average Bonchev–Trinajstić information content (AvgIpc) is 2.91. The van der Waals surface area contributed by atoms with Gasteiger partial charge in [0.15, 0.2) is 0 Å². The molecule has 0 bridgehead atoms. The maximum atomic E-state index is 6.52. The van der Waals surface area contributed by atoms with E-state index in [9.17, 15) is 0 Å². The number of nitrogens with two attached hydrogens (primary N) is 1. The second kappa shape index (κ2) is 6.13. The highest BCUT2D eigenvalue weighted by molar-refractivity contribution is 7.09. The summed E-state index contributed by atoms with van der Waals surface area (Å²) in [7, 11) is 0. The molecule has 0 aromatic carbocycles. The fourth-order valence-electron chi connectivity index (χ4n) is 2.90. The molecule has 2 rings (SSSR count). The van der Waals surface area contributed by atoms with Gasteiger partial charge in [-0.15, -0.1) is 11.3 Å². The van der Waals surface area contributed by atoms with Crippen LogP contribution in [-0.2, 0) is 6.42 Å². The first kappa shape index (κ1) is 14.0. The first-order valence-corrected chi connectivity index (χ1v) is 7.93. The highest BCUT2D eigenvalue weighted by Crippen LogP contribution is 2.28. The Morgan fingerprint density at radius 2 is 2.17 bits per heavy atom. The number of thiazole rings is 1. The Bertz CT molecular complexity index is 346. The van der Waals surface area contributed by atoms with E-state index in [-0.39, 0.29) is 11.6 Å². The van der Waals surface area contributed by atoms with E-state index < -0.39 is 0 Å².